The molecule has 0 bridgehead atoms. The molecule has 0 saturated carbocycles. The van der Waals surface area contributed by atoms with Crippen molar-refractivity contribution in [3.63, 3.8) is 0 Å². The van der Waals surface area contributed by atoms with Crippen LogP contribution in [0.4, 0.5) is 5.69 Å². The Morgan fingerprint density at radius 2 is 2.33 bits per heavy atom. The third-order valence-corrected chi connectivity index (χ3v) is 2.57. The van der Waals surface area contributed by atoms with Gasteiger partial charge in [0.25, 0.3) is 5.91 Å². The molecule has 5 heteroatoms. The first-order valence-corrected chi connectivity index (χ1v) is 5.73. The van der Waals surface area contributed by atoms with Gasteiger partial charge < -0.3 is 15.1 Å². The molecule has 2 aromatic rings. The molecule has 2 aromatic heterocycles. The number of carbonyl (C=O) groups excluding carboxylic acids is 1. The van der Waals surface area contributed by atoms with Crippen molar-refractivity contribution in [1.29, 1.82) is 0 Å². The van der Waals surface area contributed by atoms with E-state index < -0.39 is 0 Å². The molecule has 0 spiro atoms. The summed E-state index contributed by atoms with van der Waals surface area (Å²) in [5.74, 6) is 0.717. The molecule has 0 aromatic carbocycles. The van der Waals surface area contributed by atoms with Crippen LogP contribution in [0.2, 0.25) is 0 Å². The largest absolute Gasteiger partial charge is 0.469 e. The number of nitrogens with zero attached hydrogens (tertiary/aromatic N) is 1. The van der Waals surface area contributed by atoms with Gasteiger partial charge in [-0.1, -0.05) is 0 Å². The SMILES string of the molecule is CNc1ccncc1C(=O)NCCc1ccco1. The van der Waals surface area contributed by atoms with Gasteiger partial charge in [-0.15, -0.1) is 0 Å². The molecule has 0 radical (unpaired) electrons. The molecule has 0 aliphatic heterocycles. The number of pyridine rings is 1. The average molecular weight is 245 g/mol. The summed E-state index contributed by atoms with van der Waals surface area (Å²) in [6, 6.07) is 5.48. The number of anilines is 1. The zero-order chi connectivity index (χ0) is 12.8. The van der Waals surface area contributed by atoms with Crippen LogP contribution in [-0.4, -0.2) is 24.5 Å². The van der Waals surface area contributed by atoms with Crippen molar-refractivity contribution in [2.75, 3.05) is 18.9 Å². The van der Waals surface area contributed by atoms with E-state index in [-0.39, 0.29) is 5.91 Å². The predicted octanol–water partition coefficient (Wildman–Crippen LogP) is 1.69. The van der Waals surface area contributed by atoms with E-state index in [1.165, 1.54) is 0 Å². The van der Waals surface area contributed by atoms with Crippen LogP contribution in [0.3, 0.4) is 0 Å². The summed E-state index contributed by atoms with van der Waals surface area (Å²) >= 11 is 0. The number of aromatic nitrogens is 1. The quantitative estimate of drug-likeness (QED) is 0.841. The maximum Gasteiger partial charge on any atom is 0.254 e. The number of nitrogens with one attached hydrogen (secondary N) is 2. The van der Waals surface area contributed by atoms with Crippen LogP contribution in [0, 0.1) is 0 Å². The van der Waals surface area contributed by atoms with Crippen LogP contribution in [0.1, 0.15) is 16.1 Å². The molecule has 0 aliphatic carbocycles. The van der Waals surface area contributed by atoms with Crippen molar-refractivity contribution in [2.24, 2.45) is 0 Å². The number of carbonyl (C=O) groups is 1. The van der Waals surface area contributed by atoms with Crippen LogP contribution in [0.15, 0.2) is 41.3 Å². The molecule has 0 unspecified atom stereocenters. The lowest BCUT2D eigenvalue weighted by Gasteiger charge is -2.08. The molecule has 0 atom stereocenters. The summed E-state index contributed by atoms with van der Waals surface area (Å²) in [5.41, 5.74) is 1.31. The van der Waals surface area contributed by atoms with E-state index in [9.17, 15) is 4.79 Å². The monoisotopic (exact) mass is 245 g/mol. The first kappa shape index (κ1) is 12.2. The number of rotatable bonds is 5. The molecular weight excluding hydrogens is 230 g/mol. The van der Waals surface area contributed by atoms with E-state index >= 15 is 0 Å². The van der Waals surface area contributed by atoms with Crippen LogP contribution >= 0.6 is 0 Å². The standard InChI is InChI=1S/C13H15N3O2/c1-14-12-5-6-15-9-11(12)13(17)16-7-4-10-3-2-8-18-10/h2-3,5-6,8-9H,4,7H2,1H3,(H,14,15)(H,16,17). The van der Waals surface area contributed by atoms with Gasteiger partial charge in [0.15, 0.2) is 0 Å². The van der Waals surface area contributed by atoms with Crippen molar-refractivity contribution in [1.82, 2.24) is 10.3 Å². The maximum absolute atomic E-state index is 11.9. The zero-order valence-corrected chi connectivity index (χ0v) is 10.1. The highest BCUT2D eigenvalue weighted by Gasteiger charge is 2.10. The van der Waals surface area contributed by atoms with Gasteiger partial charge in [-0.25, -0.2) is 0 Å². The van der Waals surface area contributed by atoms with E-state index in [1.54, 1.807) is 31.8 Å². The van der Waals surface area contributed by atoms with Crippen LogP contribution in [0.25, 0.3) is 0 Å². The molecule has 0 fully saturated rings. The third-order valence-electron chi connectivity index (χ3n) is 2.57. The lowest BCUT2D eigenvalue weighted by atomic mass is 10.2. The Balaban J connectivity index is 1.91. The smallest absolute Gasteiger partial charge is 0.254 e. The van der Waals surface area contributed by atoms with Gasteiger partial charge in [0.2, 0.25) is 0 Å². The highest BCUT2D eigenvalue weighted by Crippen LogP contribution is 2.12. The average Bonchev–Trinajstić information content (AvgIpc) is 2.91. The van der Waals surface area contributed by atoms with Gasteiger partial charge in [0.1, 0.15) is 5.76 Å². The van der Waals surface area contributed by atoms with Gasteiger partial charge in [0, 0.05) is 38.1 Å². The number of hydrogen-bond acceptors (Lipinski definition) is 4. The second-order valence-electron chi connectivity index (χ2n) is 3.76. The Labute approximate surface area is 105 Å². The van der Waals surface area contributed by atoms with E-state index in [0.29, 0.717) is 18.5 Å². The normalized spacial score (nSPS) is 10.1. The van der Waals surface area contributed by atoms with Crippen molar-refractivity contribution < 1.29 is 9.21 Å². The Morgan fingerprint density at radius 3 is 3.06 bits per heavy atom. The van der Waals surface area contributed by atoms with Gasteiger partial charge in [-0.05, 0) is 18.2 Å². The minimum atomic E-state index is -0.140. The summed E-state index contributed by atoms with van der Waals surface area (Å²) in [5, 5.41) is 5.79. The lowest BCUT2D eigenvalue weighted by Crippen LogP contribution is -2.26. The fourth-order valence-electron chi connectivity index (χ4n) is 1.64. The van der Waals surface area contributed by atoms with Crippen LogP contribution in [0.5, 0.6) is 0 Å². The number of amides is 1. The fourth-order valence-corrected chi connectivity index (χ4v) is 1.64. The topological polar surface area (TPSA) is 67.2 Å². The second kappa shape index (κ2) is 5.86. The van der Waals surface area contributed by atoms with E-state index in [4.69, 9.17) is 4.42 Å². The molecule has 2 heterocycles. The van der Waals surface area contributed by atoms with E-state index in [2.05, 4.69) is 15.6 Å². The van der Waals surface area contributed by atoms with Gasteiger partial charge in [0.05, 0.1) is 11.8 Å². The maximum atomic E-state index is 11.9. The lowest BCUT2D eigenvalue weighted by molar-refractivity contribution is 0.0954. The number of furan rings is 1. The fraction of sp³-hybridized carbons (Fsp3) is 0.231. The highest BCUT2D eigenvalue weighted by molar-refractivity contribution is 5.99. The van der Waals surface area contributed by atoms with Crippen molar-refractivity contribution in [3.05, 3.63) is 48.2 Å². The third kappa shape index (κ3) is 2.88. The number of hydrogen-bond donors (Lipinski definition) is 2. The molecule has 0 aliphatic rings. The van der Waals surface area contributed by atoms with Gasteiger partial charge >= 0.3 is 0 Å². The highest BCUT2D eigenvalue weighted by atomic mass is 16.3. The molecule has 1 amide bonds. The summed E-state index contributed by atoms with van der Waals surface area (Å²) in [6.45, 7) is 0.532. The van der Waals surface area contributed by atoms with E-state index in [0.717, 1.165) is 11.4 Å². The van der Waals surface area contributed by atoms with E-state index in [1.807, 2.05) is 12.1 Å². The molecule has 0 saturated heterocycles. The summed E-state index contributed by atoms with van der Waals surface area (Å²) in [6.07, 6.45) is 5.49. The first-order chi connectivity index (χ1) is 8.81. The van der Waals surface area contributed by atoms with Crippen molar-refractivity contribution in [2.45, 2.75) is 6.42 Å². The Hall–Kier alpha value is -2.30. The van der Waals surface area contributed by atoms with Gasteiger partial charge in [-0.3, -0.25) is 9.78 Å². The van der Waals surface area contributed by atoms with Crippen LogP contribution < -0.4 is 10.6 Å². The van der Waals surface area contributed by atoms with Gasteiger partial charge in [-0.2, -0.15) is 0 Å². The summed E-state index contributed by atoms with van der Waals surface area (Å²) < 4.78 is 5.19. The molecule has 2 rings (SSSR count). The minimum Gasteiger partial charge on any atom is -0.469 e. The Kier molecular flexibility index (Phi) is 3.96. The Bertz CT molecular complexity index is 509. The first-order valence-electron chi connectivity index (χ1n) is 5.73. The summed E-state index contributed by atoms with van der Waals surface area (Å²) in [4.78, 5) is 15.9. The molecule has 94 valence electrons. The molecule has 5 nitrogen and oxygen atoms in total. The Morgan fingerprint density at radius 1 is 1.44 bits per heavy atom. The summed E-state index contributed by atoms with van der Waals surface area (Å²) in [7, 11) is 1.77. The van der Waals surface area contributed by atoms with Crippen molar-refractivity contribution in [3.8, 4) is 0 Å². The second-order valence-corrected chi connectivity index (χ2v) is 3.76. The molecular formula is C13H15N3O2. The van der Waals surface area contributed by atoms with Crippen molar-refractivity contribution >= 4 is 11.6 Å². The zero-order valence-electron chi connectivity index (χ0n) is 10.1. The predicted molar refractivity (Wildman–Crippen MR) is 68.5 cm³/mol. The molecule has 18 heavy (non-hydrogen) atoms. The van der Waals surface area contributed by atoms with Crippen LogP contribution in [-0.2, 0) is 6.42 Å². The molecule has 2 N–H and O–H groups in total. The minimum absolute atomic E-state index is 0.140.